The molecule has 94 valence electrons. The monoisotopic (exact) mass is 233 g/mol. The molecule has 2 N–H and O–H groups in total. The minimum absolute atomic E-state index is 0.00190. The molecule has 1 aliphatic carbocycles. The summed E-state index contributed by atoms with van der Waals surface area (Å²) in [6.07, 6.45) is 0.702. The third-order valence-corrected chi connectivity index (χ3v) is 4.21. The first-order valence-corrected chi connectivity index (χ1v) is 6.42. The Morgan fingerprint density at radius 1 is 1.41 bits per heavy atom. The lowest BCUT2D eigenvalue weighted by Crippen LogP contribution is -2.60. The van der Waals surface area contributed by atoms with E-state index in [1.54, 1.807) is 0 Å². The zero-order chi connectivity index (χ0) is 12.6. The van der Waals surface area contributed by atoms with Gasteiger partial charge in [-0.3, -0.25) is 0 Å². The van der Waals surface area contributed by atoms with Crippen molar-refractivity contribution in [2.45, 2.75) is 52.3 Å². The first-order chi connectivity index (χ1) is 7.91. The quantitative estimate of drug-likeness (QED) is 0.841. The molecule has 0 amide bonds. The largest absolute Gasteiger partial charge is 0.392 e. The van der Waals surface area contributed by atoms with E-state index < -0.39 is 0 Å². The van der Waals surface area contributed by atoms with Gasteiger partial charge >= 0.3 is 0 Å². The van der Waals surface area contributed by atoms with Gasteiger partial charge in [0.15, 0.2) is 0 Å². The summed E-state index contributed by atoms with van der Waals surface area (Å²) in [5, 5.41) is 13.4. The minimum Gasteiger partial charge on any atom is -0.392 e. The fraction of sp³-hybridized carbons (Fsp3) is 0.600. The van der Waals surface area contributed by atoms with Crippen LogP contribution in [-0.2, 0) is 0 Å². The maximum Gasteiger partial charge on any atom is 0.0621 e. The Hall–Kier alpha value is -0.860. The van der Waals surface area contributed by atoms with Crippen molar-refractivity contribution in [3.8, 4) is 0 Å². The molecule has 0 aliphatic heterocycles. The molecular weight excluding hydrogens is 210 g/mol. The van der Waals surface area contributed by atoms with E-state index in [0.717, 1.165) is 6.42 Å². The van der Waals surface area contributed by atoms with E-state index in [0.29, 0.717) is 12.1 Å². The number of rotatable bonds is 3. The van der Waals surface area contributed by atoms with Crippen molar-refractivity contribution >= 4 is 0 Å². The van der Waals surface area contributed by atoms with E-state index >= 15 is 0 Å². The average molecular weight is 233 g/mol. The summed E-state index contributed by atoms with van der Waals surface area (Å²) in [5.74, 6) is 0. The van der Waals surface area contributed by atoms with Crippen LogP contribution in [0.15, 0.2) is 24.3 Å². The van der Waals surface area contributed by atoms with E-state index in [9.17, 15) is 5.11 Å². The second-order valence-electron chi connectivity index (χ2n) is 5.93. The zero-order valence-electron chi connectivity index (χ0n) is 11.2. The molecule has 0 radical (unpaired) electrons. The van der Waals surface area contributed by atoms with E-state index in [2.05, 4.69) is 57.3 Å². The van der Waals surface area contributed by atoms with Crippen LogP contribution in [0, 0.1) is 12.3 Å². The molecule has 2 unspecified atom stereocenters. The van der Waals surface area contributed by atoms with E-state index in [1.165, 1.54) is 11.1 Å². The zero-order valence-corrected chi connectivity index (χ0v) is 11.2. The van der Waals surface area contributed by atoms with Crippen LogP contribution in [-0.4, -0.2) is 17.3 Å². The number of aliphatic hydroxyl groups is 1. The fourth-order valence-electron chi connectivity index (χ4n) is 2.52. The van der Waals surface area contributed by atoms with Gasteiger partial charge in [0.2, 0.25) is 0 Å². The van der Waals surface area contributed by atoms with Gasteiger partial charge in [0.1, 0.15) is 0 Å². The Morgan fingerprint density at radius 3 is 2.65 bits per heavy atom. The lowest BCUT2D eigenvalue weighted by atomic mass is 9.64. The molecule has 0 bridgehead atoms. The van der Waals surface area contributed by atoms with Crippen molar-refractivity contribution < 1.29 is 5.11 Å². The van der Waals surface area contributed by atoms with Crippen LogP contribution in [0.5, 0.6) is 0 Å². The van der Waals surface area contributed by atoms with Gasteiger partial charge in [-0.05, 0) is 25.8 Å². The summed E-state index contributed by atoms with van der Waals surface area (Å²) in [5.41, 5.74) is 2.61. The molecule has 1 fully saturated rings. The molecule has 1 aromatic rings. The number of hydrogen-bond acceptors (Lipinski definition) is 2. The van der Waals surface area contributed by atoms with Gasteiger partial charge in [-0.1, -0.05) is 43.7 Å². The smallest absolute Gasteiger partial charge is 0.0621 e. The van der Waals surface area contributed by atoms with Crippen molar-refractivity contribution in [3.63, 3.8) is 0 Å². The molecule has 0 heterocycles. The topological polar surface area (TPSA) is 32.3 Å². The SMILES string of the molecule is Cc1cccc([C@H](C)NC2CC(O)C2(C)C)c1. The standard InChI is InChI=1S/C15H23NO/c1-10-6-5-7-12(8-10)11(2)16-13-9-14(17)15(13,3)4/h5-8,11,13-14,16-17H,9H2,1-4H3/t11-,13?,14?/m0/s1. The maximum absolute atomic E-state index is 9.73. The van der Waals surface area contributed by atoms with Gasteiger partial charge in [-0.2, -0.15) is 0 Å². The van der Waals surface area contributed by atoms with Gasteiger partial charge < -0.3 is 10.4 Å². The molecule has 1 saturated carbocycles. The number of aryl methyl sites for hydroxylation is 1. The molecule has 1 aromatic carbocycles. The molecule has 2 rings (SSSR count). The number of benzene rings is 1. The summed E-state index contributed by atoms with van der Waals surface area (Å²) < 4.78 is 0. The summed E-state index contributed by atoms with van der Waals surface area (Å²) in [6.45, 7) is 8.56. The van der Waals surface area contributed by atoms with Gasteiger partial charge in [0.05, 0.1) is 6.10 Å². The van der Waals surface area contributed by atoms with Crippen LogP contribution >= 0.6 is 0 Å². The highest BCUT2D eigenvalue weighted by Crippen LogP contribution is 2.41. The van der Waals surface area contributed by atoms with Crippen LogP contribution in [0.1, 0.15) is 44.4 Å². The predicted octanol–water partition coefficient (Wildman–Crippen LogP) is 2.81. The molecule has 17 heavy (non-hydrogen) atoms. The lowest BCUT2D eigenvalue weighted by Gasteiger charge is -2.50. The Labute approximate surface area is 104 Å². The molecule has 0 saturated heterocycles. The highest BCUT2D eigenvalue weighted by Gasteiger charge is 2.47. The Bertz CT molecular complexity index is 400. The normalized spacial score (nSPS) is 28.5. The molecule has 2 nitrogen and oxygen atoms in total. The number of hydrogen-bond donors (Lipinski definition) is 2. The molecule has 2 heteroatoms. The second-order valence-corrected chi connectivity index (χ2v) is 5.93. The summed E-state index contributed by atoms with van der Waals surface area (Å²) in [6, 6.07) is 9.35. The number of aliphatic hydroxyl groups excluding tert-OH is 1. The minimum atomic E-state index is -0.162. The first kappa shape index (κ1) is 12.6. The highest BCUT2D eigenvalue weighted by atomic mass is 16.3. The molecule has 0 aromatic heterocycles. The second kappa shape index (κ2) is 4.43. The number of nitrogens with one attached hydrogen (secondary N) is 1. The van der Waals surface area contributed by atoms with Crippen LogP contribution in [0.4, 0.5) is 0 Å². The van der Waals surface area contributed by atoms with Crippen molar-refractivity contribution in [3.05, 3.63) is 35.4 Å². The molecular formula is C15H23NO. The average Bonchev–Trinajstić information content (AvgIpc) is 2.28. The Balaban J connectivity index is 2.01. The van der Waals surface area contributed by atoms with Crippen molar-refractivity contribution in [1.82, 2.24) is 5.32 Å². The first-order valence-electron chi connectivity index (χ1n) is 6.42. The summed E-state index contributed by atoms with van der Waals surface area (Å²) in [7, 11) is 0. The third kappa shape index (κ3) is 2.38. The fourth-order valence-corrected chi connectivity index (χ4v) is 2.52. The van der Waals surface area contributed by atoms with E-state index in [-0.39, 0.29) is 11.5 Å². The van der Waals surface area contributed by atoms with Gasteiger partial charge in [0.25, 0.3) is 0 Å². The Kier molecular flexibility index (Phi) is 3.28. The van der Waals surface area contributed by atoms with Crippen LogP contribution in [0.25, 0.3) is 0 Å². The van der Waals surface area contributed by atoms with Crippen LogP contribution in [0.3, 0.4) is 0 Å². The Morgan fingerprint density at radius 2 is 2.12 bits per heavy atom. The van der Waals surface area contributed by atoms with Crippen molar-refractivity contribution in [1.29, 1.82) is 0 Å². The highest BCUT2D eigenvalue weighted by molar-refractivity contribution is 5.25. The maximum atomic E-state index is 9.73. The van der Waals surface area contributed by atoms with Gasteiger partial charge in [-0.25, -0.2) is 0 Å². The van der Waals surface area contributed by atoms with Crippen LogP contribution in [0.2, 0.25) is 0 Å². The van der Waals surface area contributed by atoms with Crippen molar-refractivity contribution in [2.24, 2.45) is 5.41 Å². The molecule has 0 spiro atoms. The summed E-state index contributed by atoms with van der Waals surface area (Å²) >= 11 is 0. The van der Waals surface area contributed by atoms with E-state index in [4.69, 9.17) is 0 Å². The molecule has 3 atom stereocenters. The third-order valence-electron chi connectivity index (χ3n) is 4.21. The van der Waals surface area contributed by atoms with E-state index in [1.807, 2.05) is 0 Å². The molecule has 1 aliphatic rings. The van der Waals surface area contributed by atoms with Crippen LogP contribution < -0.4 is 5.32 Å². The lowest BCUT2D eigenvalue weighted by molar-refractivity contribution is -0.0754. The predicted molar refractivity (Wildman–Crippen MR) is 70.9 cm³/mol. The summed E-state index contributed by atoms with van der Waals surface area (Å²) in [4.78, 5) is 0. The van der Waals surface area contributed by atoms with Gasteiger partial charge in [-0.15, -0.1) is 0 Å². The van der Waals surface area contributed by atoms with Gasteiger partial charge in [0, 0.05) is 17.5 Å². The van der Waals surface area contributed by atoms with Crippen molar-refractivity contribution in [2.75, 3.05) is 0 Å².